The van der Waals surface area contributed by atoms with Crippen molar-refractivity contribution in [3.8, 4) is 0 Å². The van der Waals surface area contributed by atoms with Gasteiger partial charge in [-0.25, -0.2) is 0 Å². The number of halogens is 1. The molecule has 74 valence electrons. The van der Waals surface area contributed by atoms with Crippen LogP contribution in [0.15, 0.2) is 49.1 Å². The van der Waals surface area contributed by atoms with Crippen molar-refractivity contribution in [1.29, 1.82) is 0 Å². The molecule has 0 amide bonds. The summed E-state index contributed by atoms with van der Waals surface area (Å²) < 4.78 is 1.04. The van der Waals surface area contributed by atoms with Crippen LogP contribution in [-0.4, -0.2) is 9.97 Å². The molecule has 2 heterocycles. The van der Waals surface area contributed by atoms with Crippen LogP contribution in [0.4, 0.5) is 0 Å². The maximum Gasteiger partial charge on any atom is 0.0274 e. The maximum atomic E-state index is 3.98. The largest absolute Gasteiger partial charge is 0.265 e. The molecule has 0 bridgehead atoms. The maximum absolute atomic E-state index is 3.98. The monoisotopic (exact) mass is 260 g/mol. The Kier molecular flexibility index (Phi) is 3.25. The van der Waals surface area contributed by atoms with E-state index in [4.69, 9.17) is 0 Å². The second-order valence-corrected chi connectivity index (χ2v) is 3.86. The molecule has 0 atom stereocenters. The molecule has 0 aliphatic heterocycles. The molecule has 3 heteroatoms. The van der Waals surface area contributed by atoms with Crippen molar-refractivity contribution >= 4 is 26.5 Å². The average molecular weight is 261 g/mol. The predicted molar refractivity (Wildman–Crippen MR) is 65.3 cm³/mol. The predicted octanol–water partition coefficient (Wildman–Crippen LogP) is 3.37. The van der Waals surface area contributed by atoms with Gasteiger partial charge in [0.25, 0.3) is 0 Å². The molecule has 15 heavy (non-hydrogen) atoms. The fourth-order valence-electron chi connectivity index (χ4n) is 1.20. The molecule has 0 fully saturated rings. The summed E-state index contributed by atoms with van der Waals surface area (Å²) in [5.74, 6) is 0. The first-order valence-electron chi connectivity index (χ1n) is 4.54. The molecule has 2 aromatic rings. The smallest absolute Gasteiger partial charge is 0.0274 e. The van der Waals surface area contributed by atoms with E-state index in [-0.39, 0.29) is 0 Å². The van der Waals surface area contributed by atoms with E-state index in [1.54, 1.807) is 24.8 Å². The Morgan fingerprint density at radius 3 is 2.07 bits per heavy atom. The van der Waals surface area contributed by atoms with Gasteiger partial charge in [0.15, 0.2) is 0 Å². The highest BCUT2D eigenvalue weighted by Crippen LogP contribution is 2.22. The first kappa shape index (κ1) is 10.1. The Hall–Kier alpha value is -1.48. The van der Waals surface area contributed by atoms with Crippen LogP contribution in [0.1, 0.15) is 11.1 Å². The van der Waals surface area contributed by atoms with Crippen LogP contribution < -0.4 is 0 Å². The quantitative estimate of drug-likeness (QED) is 0.828. The summed E-state index contributed by atoms with van der Waals surface area (Å²) in [6.07, 6.45) is 9.16. The number of hydrogen-bond acceptors (Lipinski definition) is 2. The molecular weight excluding hydrogens is 252 g/mol. The van der Waals surface area contributed by atoms with Crippen LogP contribution in [0.2, 0.25) is 0 Å². The van der Waals surface area contributed by atoms with Gasteiger partial charge in [-0.2, -0.15) is 0 Å². The van der Waals surface area contributed by atoms with Gasteiger partial charge in [-0.3, -0.25) is 9.97 Å². The molecule has 0 spiro atoms. The minimum atomic E-state index is 1.04. The third kappa shape index (κ3) is 2.73. The summed E-state index contributed by atoms with van der Waals surface area (Å²) in [5, 5.41) is 0. The highest BCUT2D eigenvalue weighted by molar-refractivity contribution is 9.15. The standard InChI is InChI=1S/C12H9BrN2/c13-12(11-3-7-15-8-4-11)9-10-1-5-14-6-2-10/h1-9H. The highest BCUT2D eigenvalue weighted by atomic mass is 79.9. The number of aromatic nitrogens is 2. The second-order valence-electron chi connectivity index (χ2n) is 3.01. The van der Waals surface area contributed by atoms with Gasteiger partial charge >= 0.3 is 0 Å². The van der Waals surface area contributed by atoms with E-state index in [0.29, 0.717) is 0 Å². The Balaban J connectivity index is 2.29. The molecule has 0 saturated heterocycles. The van der Waals surface area contributed by atoms with Gasteiger partial charge in [-0.1, -0.05) is 15.9 Å². The number of hydrogen-bond donors (Lipinski definition) is 0. The Labute approximate surface area is 96.8 Å². The van der Waals surface area contributed by atoms with Gasteiger partial charge in [0.1, 0.15) is 0 Å². The number of pyridine rings is 2. The molecule has 0 saturated carbocycles. The lowest BCUT2D eigenvalue weighted by Gasteiger charge is -1.98. The van der Waals surface area contributed by atoms with Crippen LogP contribution >= 0.6 is 15.9 Å². The minimum absolute atomic E-state index is 1.04. The van der Waals surface area contributed by atoms with Gasteiger partial charge < -0.3 is 0 Å². The van der Waals surface area contributed by atoms with Gasteiger partial charge in [-0.15, -0.1) is 0 Å². The van der Waals surface area contributed by atoms with E-state index in [1.807, 2.05) is 24.3 Å². The molecule has 2 nitrogen and oxygen atoms in total. The van der Waals surface area contributed by atoms with Crippen LogP contribution in [0.5, 0.6) is 0 Å². The van der Waals surface area contributed by atoms with E-state index >= 15 is 0 Å². The molecule has 0 aliphatic carbocycles. The molecule has 0 N–H and O–H groups in total. The molecule has 2 rings (SSSR count). The summed E-state index contributed by atoms with van der Waals surface area (Å²) in [5.41, 5.74) is 2.23. The van der Waals surface area contributed by atoms with Crippen molar-refractivity contribution in [1.82, 2.24) is 9.97 Å². The Morgan fingerprint density at radius 1 is 0.933 bits per heavy atom. The van der Waals surface area contributed by atoms with Crippen LogP contribution in [-0.2, 0) is 0 Å². The van der Waals surface area contributed by atoms with Crippen molar-refractivity contribution in [2.45, 2.75) is 0 Å². The van der Waals surface area contributed by atoms with Crippen LogP contribution in [0.3, 0.4) is 0 Å². The third-order valence-electron chi connectivity index (χ3n) is 1.96. The van der Waals surface area contributed by atoms with Crippen LogP contribution in [0.25, 0.3) is 10.6 Å². The Bertz CT molecular complexity index is 452. The van der Waals surface area contributed by atoms with Crippen molar-refractivity contribution in [3.63, 3.8) is 0 Å². The SMILES string of the molecule is BrC(=Cc1ccncc1)c1ccncc1. The van der Waals surface area contributed by atoms with Crippen molar-refractivity contribution in [2.75, 3.05) is 0 Å². The van der Waals surface area contributed by atoms with Crippen molar-refractivity contribution < 1.29 is 0 Å². The summed E-state index contributed by atoms with van der Waals surface area (Å²) in [7, 11) is 0. The summed E-state index contributed by atoms with van der Waals surface area (Å²) in [6, 6.07) is 7.84. The second kappa shape index (κ2) is 4.84. The first-order valence-corrected chi connectivity index (χ1v) is 5.33. The zero-order valence-electron chi connectivity index (χ0n) is 7.97. The molecule has 0 radical (unpaired) electrons. The fraction of sp³-hybridized carbons (Fsp3) is 0. The molecule has 0 aromatic carbocycles. The molecule has 2 aromatic heterocycles. The molecule has 0 unspecified atom stereocenters. The van der Waals surface area contributed by atoms with Crippen LogP contribution in [0, 0.1) is 0 Å². The van der Waals surface area contributed by atoms with Gasteiger partial charge in [0, 0.05) is 29.3 Å². The summed E-state index contributed by atoms with van der Waals surface area (Å²) in [6.45, 7) is 0. The third-order valence-corrected chi connectivity index (χ3v) is 2.64. The van der Waals surface area contributed by atoms with Crippen molar-refractivity contribution in [3.05, 3.63) is 60.2 Å². The van der Waals surface area contributed by atoms with Gasteiger partial charge in [-0.05, 0) is 41.5 Å². The van der Waals surface area contributed by atoms with E-state index in [9.17, 15) is 0 Å². The lowest BCUT2D eigenvalue weighted by Crippen LogP contribution is -1.78. The van der Waals surface area contributed by atoms with E-state index in [2.05, 4.69) is 32.0 Å². The van der Waals surface area contributed by atoms with Gasteiger partial charge in [0.2, 0.25) is 0 Å². The number of rotatable bonds is 2. The zero-order chi connectivity index (χ0) is 10.5. The topological polar surface area (TPSA) is 25.8 Å². The van der Waals surface area contributed by atoms with E-state index < -0.39 is 0 Å². The normalized spacial score (nSPS) is 11.4. The molecule has 0 aliphatic rings. The first-order chi connectivity index (χ1) is 7.36. The fourth-order valence-corrected chi connectivity index (χ4v) is 1.73. The average Bonchev–Trinajstić information content (AvgIpc) is 2.31. The highest BCUT2D eigenvalue weighted by Gasteiger charge is 1.96. The summed E-state index contributed by atoms with van der Waals surface area (Å²) in [4.78, 5) is 7.95. The summed E-state index contributed by atoms with van der Waals surface area (Å²) >= 11 is 3.54. The molecular formula is C12H9BrN2. The van der Waals surface area contributed by atoms with Gasteiger partial charge in [0.05, 0.1) is 0 Å². The Morgan fingerprint density at radius 2 is 1.47 bits per heavy atom. The van der Waals surface area contributed by atoms with E-state index in [1.165, 1.54) is 0 Å². The minimum Gasteiger partial charge on any atom is -0.265 e. The van der Waals surface area contributed by atoms with E-state index in [0.717, 1.165) is 15.6 Å². The zero-order valence-corrected chi connectivity index (χ0v) is 9.55. The number of nitrogens with zero attached hydrogens (tertiary/aromatic N) is 2. The van der Waals surface area contributed by atoms with Crippen molar-refractivity contribution in [2.24, 2.45) is 0 Å². The lowest BCUT2D eigenvalue weighted by atomic mass is 10.2. The lowest BCUT2D eigenvalue weighted by molar-refractivity contribution is 1.32.